The Morgan fingerprint density at radius 2 is 2.20 bits per heavy atom. The standard InChI is InChI=1S/C17H22O3/c1-4-9-17(15(18)19-5-2)16(20-17)10-8-13-7-6-12(3)11-14(13)16/h6-7,11H,4-5,8-10H2,1-3H3. The Balaban J connectivity index is 2.00. The summed E-state index contributed by atoms with van der Waals surface area (Å²) in [6, 6.07) is 6.48. The van der Waals surface area contributed by atoms with Gasteiger partial charge < -0.3 is 9.47 Å². The van der Waals surface area contributed by atoms with E-state index in [0.29, 0.717) is 6.61 Å². The molecule has 108 valence electrons. The van der Waals surface area contributed by atoms with Crippen molar-refractivity contribution in [3.8, 4) is 0 Å². The van der Waals surface area contributed by atoms with E-state index in [-0.39, 0.29) is 5.97 Å². The zero-order valence-electron chi connectivity index (χ0n) is 12.5. The third kappa shape index (κ3) is 1.65. The van der Waals surface area contributed by atoms with E-state index in [1.54, 1.807) is 0 Å². The predicted molar refractivity (Wildman–Crippen MR) is 76.5 cm³/mol. The molecule has 0 radical (unpaired) electrons. The van der Waals surface area contributed by atoms with Crippen LogP contribution in [0.25, 0.3) is 0 Å². The molecular weight excluding hydrogens is 252 g/mol. The number of hydrogen-bond donors (Lipinski definition) is 0. The molecular formula is C17H22O3. The Morgan fingerprint density at radius 1 is 1.40 bits per heavy atom. The van der Waals surface area contributed by atoms with Crippen LogP contribution in [-0.4, -0.2) is 18.2 Å². The van der Waals surface area contributed by atoms with Crippen molar-refractivity contribution in [2.24, 2.45) is 0 Å². The van der Waals surface area contributed by atoms with E-state index in [4.69, 9.17) is 9.47 Å². The minimum absolute atomic E-state index is 0.184. The molecule has 2 aliphatic rings. The van der Waals surface area contributed by atoms with Crippen molar-refractivity contribution in [3.05, 3.63) is 34.9 Å². The quantitative estimate of drug-likeness (QED) is 0.625. The Morgan fingerprint density at radius 3 is 2.90 bits per heavy atom. The van der Waals surface area contributed by atoms with Gasteiger partial charge >= 0.3 is 5.97 Å². The number of ether oxygens (including phenoxy) is 2. The van der Waals surface area contributed by atoms with Crippen LogP contribution < -0.4 is 0 Å². The van der Waals surface area contributed by atoms with Crippen molar-refractivity contribution in [1.29, 1.82) is 0 Å². The number of fused-ring (bicyclic) bond motifs is 2. The Kier molecular flexibility index (Phi) is 3.13. The first-order chi connectivity index (χ1) is 9.59. The second-order valence-corrected chi connectivity index (χ2v) is 5.89. The highest BCUT2D eigenvalue weighted by Crippen LogP contribution is 2.64. The van der Waals surface area contributed by atoms with Crippen molar-refractivity contribution in [3.63, 3.8) is 0 Å². The van der Waals surface area contributed by atoms with Crippen LogP contribution in [0.3, 0.4) is 0 Å². The maximum absolute atomic E-state index is 12.4. The van der Waals surface area contributed by atoms with Crippen LogP contribution in [-0.2, 0) is 26.3 Å². The first-order valence-corrected chi connectivity index (χ1v) is 7.57. The second-order valence-electron chi connectivity index (χ2n) is 5.89. The van der Waals surface area contributed by atoms with E-state index in [1.807, 2.05) is 6.92 Å². The van der Waals surface area contributed by atoms with Gasteiger partial charge in [0.1, 0.15) is 5.60 Å². The van der Waals surface area contributed by atoms with Gasteiger partial charge in [0.15, 0.2) is 5.60 Å². The smallest absolute Gasteiger partial charge is 0.341 e. The summed E-state index contributed by atoms with van der Waals surface area (Å²) in [4.78, 5) is 12.4. The maximum Gasteiger partial charge on any atom is 0.341 e. The Hall–Kier alpha value is -1.35. The van der Waals surface area contributed by atoms with Gasteiger partial charge in [-0.1, -0.05) is 37.1 Å². The molecule has 2 unspecified atom stereocenters. The molecule has 2 atom stereocenters. The number of carbonyl (C=O) groups is 1. The lowest BCUT2D eigenvalue weighted by Gasteiger charge is -2.16. The van der Waals surface area contributed by atoms with E-state index in [9.17, 15) is 4.79 Å². The maximum atomic E-state index is 12.4. The molecule has 0 N–H and O–H groups in total. The predicted octanol–water partition coefficient (Wildman–Crippen LogP) is 3.27. The summed E-state index contributed by atoms with van der Waals surface area (Å²) in [5.41, 5.74) is 2.58. The number of aryl methyl sites for hydroxylation is 2. The van der Waals surface area contributed by atoms with Gasteiger partial charge in [0.25, 0.3) is 0 Å². The van der Waals surface area contributed by atoms with Crippen LogP contribution in [0.4, 0.5) is 0 Å². The molecule has 3 nitrogen and oxygen atoms in total. The summed E-state index contributed by atoms with van der Waals surface area (Å²) < 4.78 is 11.4. The molecule has 1 fully saturated rings. The molecule has 3 heteroatoms. The van der Waals surface area contributed by atoms with Gasteiger partial charge in [0.2, 0.25) is 0 Å². The van der Waals surface area contributed by atoms with Crippen LogP contribution in [0.1, 0.15) is 49.8 Å². The summed E-state index contributed by atoms with van der Waals surface area (Å²) in [6.45, 7) is 6.42. The lowest BCUT2D eigenvalue weighted by molar-refractivity contribution is -0.149. The Bertz CT molecular complexity index is 551. The normalized spacial score (nSPS) is 30.4. The molecule has 1 heterocycles. The first-order valence-electron chi connectivity index (χ1n) is 7.57. The first kappa shape index (κ1) is 13.6. The molecule has 0 bridgehead atoms. The molecule has 1 spiro atoms. The summed E-state index contributed by atoms with van der Waals surface area (Å²) in [7, 11) is 0. The largest absolute Gasteiger partial charge is 0.464 e. The monoisotopic (exact) mass is 274 g/mol. The molecule has 20 heavy (non-hydrogen) atoms. The molecule has 1 aliphatic heterocycles. The lowest BCUT2D eigenvalue weighted by atomic mass is 9.84. The lowest BCUT2D eigenvalue weighted by Crippen LogP contribution is -2.33. The van der Waals surface area contributed by atoms with E-state index < -0.39 is 11.2 Å². The average molecular weight is 274 g/mol. The van der Waals surface area contributed by atoms with Crippen LogP contribution in [0.2, 0.25) is 0 Å². The molecule has 3 rings (SSSR count). The fraction of sp³-hybridized carbons (Fsp3) is 0.588. The van der Waals surface area contributed by atoms with Gasteiger partial charge in [-0.15, -0.1) is 0 Å². The van der Waals surface area contributed by atoms with Crippen molar-refractivity contribution in [2.45, 2.75) is 57.7 Å². The minimum atomic E-state index is -0.739. The molecule has 0 saturated carbocycles. The Labute approximate surface area is 120 Å². The van der Waals surface area contributed by atoms with Crippen molar-refractivity contribution in [2.75, 3.05) is 6.61 Å². The SMILES string of the molecule is CCCC1(C(=O)OCC)OC12CCc1ccc(C)cc12. The van der Waals surface area contributed by atoms with Crippen LogP contribution >= 0.6 is 0 Å². The van der Waals surface area contributed by atoms with E-state index in [2.05, 4.69) is 32.0 Å². The van der Waals surface area contributed by atoms with Crippen molar-refractivity contribution >= 4 is 5.97 Å². The molecule has 0 aromatic heterocycles. The highest BCUT2D eigenvalue weighted by Gasteiger charge is 2.76. The fourth-order valence-electron chi connectivity index (χ4n) is 3.69. The van der Waals surface area contributed by atoms with Gasteiger partial charge in [0, 0.05) is 0 Å². The fourth-order valence-corrected chi connectivity index (χ4v) is 3.69. The van der Waals surface area contributed by atoms with Gasteiger partial charge in [-0.05, 0) is 44.2 Å². The average Bonchev–Trinajstić information content (AvgIpc) is 2.94. The highest BCUT2D eigenvalue weighted by molar-refractivity contribution is 5.86. The number of rotatable bonds is 4. The highest BCUT2D eigenvalue weighted by atomic mass is 16.7. The summed E-state index contributed by atoms with van der Waals surface area (Å²) in [5, 5.41) is 0. The number of benzene rings is 1. The van der Waals surface area contributed by atoms with Crippen LogP contribution in [0, 0.1) is 6.92 Å². The molecule has 1 aliphatic carbocycles. The van der Waals surface area contributed by atoms with Gasteiger partial charge in [-0.3, -0.25) is 0 Å². The van der Waals surface area contributed by atoms with Crippen molar-refractivity contribution in [1.82, 2.24) is 0 Å². The second kappa shape index (κ2) is 4.59. The van der Waals surface area contributed by atoms with Gasteiger partial charge in [-0.2, -0.15) is 0 Å². The minimum Gasteiger partial charge on any atom is -0.464 e. The number of epoxide rings is 1. The molecule has 1 saturated heterocycles. The summed E-state index contributed by atoms with van der Waals surface area (Å²) in [5.74, 6) is -0.184. The van der Waals surface area contributed by atoms with Gasteiger partial charge in [-0.25, -0.2) is 4.79 Å². The topological polar surface area (TPSA) is 38.8 Å². The van der Waals surface area contributed by atoms with Crippen LogP contribution in [0.15, 0.2) is 18.2 Å². The number of hydrogen-bond acceptors (Lipinski definition) is 3. The number of esters is 1. The summed E-state index contributed by atoms with van der Waals surface area (Å²) in [6.07, 6.45) is 3.53. The van der Waals surface area contributed by atoms with E-state index in [0.717, 1.165) is 25.7 Å². The zero-order valence-corrected chi connectivity index (χ0v) is 12.5. The molecule has 0 amide bonds. The van der Waals surface area contributed by atoms with Crippen molar-refractivity contribution < 1.29 is 14.3 Å². The third-order valence-electron chi connectivity index (χ3n) is 4.61. The van der Waals surface area contributed by atoms with E-state index >= 15 is 0 Å². The number of carbonyl (C=O) groups excluding carboxylic acids is 1. The zero-order chi connectivity index (χ0) is 14.4. The van der Waals surface area contributed by atoms with E-state index in [1.165, 1.54) is 16.7 Å². The molecule has 1 aromatic rings. The summed E-state index contributed by atoms with van der Waals surface area (Å²) >= 11 is 0. The third-order valence-corrected chi connectivity index (χ3v) is 4.61. The van der Waals surface area contributed by atoms with Gasteiger partial charge in [0.05, 0.1) is 6.61 Å². The molecule has 1 aromatic carbocycles. The van der Waals surface area contributed by atoms with Crippen LogP contribution in [0.5, 0.6) is 0 Å².